The maximum atomic E-state index is 5.79. The van der Waals surface area contributed by atoms with Crippen LogP contribution in [0.3, 0.4) is 0 Å². The molecular formula is C9H16ClN3O3. The van der Waals surface area contributed by atoms with E-state index < -0.39 is 0 Å². The summed E-state index contributed by atoms with van der Waals surface area (Å²) in [6.45, 7) is 2.79. The third-order valence-corrected chi connectivity index (χ3v) is 2.13. The summed E-state index contributed by atoms with van der Waals surface area (Å²) < 4.78 is 15.4. The summed E-state index contributed by atoms with van der Waals surface area (Å²) >= 11 is 5.79. The van der Waals surface area contributed by atoms with E-state index in [0.29, 0.717) is 25.1 Å². The van der Waals surface area contributed by atoms with Crippen LogP contribution in [0, 0.1) is 0 Å². The van der Waals surface area contributed by atoms with E-state index in [2.05, 4.69) is 15.5 Å². The monoisotopic (exact) mass is 249 g/mol. The summed E-state index contributed by atoms with van der Waals surface area (Å²) in [7, 11) is 3.23. The topological polar surface area (TPSA) is 69.4 Å². The smallest absolute Gasteiger partial charge is 0.315 e. The van der Waals surface area contributed by atoms with Gasteiger partial charge in [-0.3, -0.25) is 0 Å². The van der Waals surface area contributed by atoms with Crippen LogP contribution in [0.1, 0.15) is 18.2 Å². The van der Waals surface area contributed by atoms with Crippen LogP contribution in [0.4, 0.5) is 6.01 Å². The predicted molar refractivity (Wildman–Crippen MR) is 59.7 cm³/mol. The highest BCUT2D eigenvalue weighted by Gasteiger charge is 2.12. The molecule has 1 rings (SSSR count). The van der Waals surface area contributed by atoms with E-state index >= 15 is 0 Å². The van der Waals surface area contributed by atoms with Crippen LogP contribution in [-0.4, -0.2) is 43.7 Å². The number of ether oxygens (including phenoxy) is 2. The molecule has 0 aliphatic rings. The Morgan fingerprint density at radius 3 is 2.69 bits per heavy atom. The minimum atomic E-state index is -0.291. The Hall–Kier alpha value is -0.850. The van der Waals surface area contributed by atoms with E-state index in [9.17, 15) is 0 Å². The van der Waals surface area contributed by atoms with E-state index in [4.69, 9.17) is 25.5 Å². The van der Waals surface area contributed by atoms with Crippen LogP contribution in [0.2, 0.25) is 0 Å². The average Bonchev–Trinajstić information content (AvgIpc) is 2.73. The Morgan fingerprint density at radius 1 is 1.44 bits per heavy atom. The van der Waals surface area contributed by atoms with Crippen molar-refractivity contribution in [2.45, 2.75) is 18.4 Å². The average molecular weight is 250 g/mol. The number of aromatic nitrogens is 2. The molecule has 0 aromatic carbocycles. The molecule has 92 valence electrons. The van der Waals surface area contributed by atoms with Crippen LogP contribution in [-0.2, 0) is 9.47 Å². The van der Waals surface area contributed by atoms with E-state index in [-0.39, 0.29) is 11.5 Å². The van der Waals surface area contributed by atoms with E-state index in [1.54, 1.807) is 21.1 Å². The molecule has 0 radical (unpaired) electrons. The second kappa shape index (κ2) is 6.67. The molecule has 2 atom stereocenters. The molecule has 0 saturated carbocycles. The number of hydrogen-bond donors (Lipinski definition) is 1. The fourth-order valence-electron chi connectivity index (χ4n) is 1.06. The zero-order valence-corrected chi connectivity index (χ0v) is 10.3. The lowest BCUT2D eigenvalue weighted by Crippen LogP contribution is -2.26. The summed E-state index contributed by atoms with van der Waals surface area (Å²) in [6, 6.07) is 0.334. The van der Waals surface area contributed by atoms with Crippen molar-refractivity contribution in [2.75, 3.05) is 32.7 Å². The summed E-state index contributed by atoms with van der Waals surface area (Å²) in [4.78, 5) is 0. The quantitative estimate of drug-likeness (QED) is 0.738. The van der Waals surface area contributed by atoms with Crippen molar-refractivity contribution >= 4 is 17.6 Å². The van der Waals surface area contributed by atoms with Crippen molar-refractivity contribution in [1.29, 1.82) is 0 Å². The molecule has 2 unspecified atom stereocenters. The third-order valence-electron chi connectivity index (χ3n) is 1.95. The van der Waals surface area contributed by atoms with Crippen molar-refractivity contribution in [3.05, 3.63) is 5.89 Å². The lowest BCUT2D eigenvalue weighted by molar-refractivity contribution is 0.0363. The minimum Gasteiger partial charge on any atom is -0.407 e. The Kier molecular flexibility index (Phi) is 5.51. The predicted octanol–water partition coefficient (Wildman–Crippen LogP) is 1.44. The van der Waals surface area contributed by atoms with Gasteiger partial charge in [-0.2, -0.15) is 0 Å². The van der Waals surface area contributed by atoms with Gasteiger partial charge in [-0.15, -0.1) is 16.7 Å². The molecule has 16 heavy (non-hydrogen) atoms. The summed E-state index contributed by atoms with van der Waals surface area (Å²) in [5, 5.41) is 10.2. The van der Waals surface area contributed by atoms with Gasteiger partial charge >= 0.3 is 6.01 Å². The molecule has 1 N–H and O–H groups in total. The summed E-state index contributed by atoms with van der Waals surface area (Å²) in [5.41, 5.74) is 0. The summed E-state index contributed by atoms with van der Waals surface area (Å²) in [6.07, 6.45) is -0.0613. The molecule has 7 heteroatoms. The standard InChI is InChI=1S/C9H16ClN3O3/c1-6(10)8-12-13-9(16-8)11-4-7(15-3)5-14-2/h6-7H,4-5H2,1-3H3,(H,11,13). The molecule has 0 amide bonds. The number of nitrogens with zero attached hydrogens (tertiary/aromatic N) is 2. The first kappa shape index (κ1) is 13.2. The largest absolute Gasteiger partial charge is 0.407 e. The number of hydrogen-bond acceptors (Lipinski definition) is 6. The highest BCUT2D eigenvalue weighted by atomic mass is 35.5. The molecule has 0 bridgehead atoms. The number of nitrogens with one attached hydrogen (secondary N) is 1. The lowest BCUT2D eigenvalue weighted by Gasteiger charge is -2.13. The molecule has 1 heterocycles. The number of methoxy groups -OCH3 is 2. The van der Waals surface area contributed by atoms with E-state index in [1.165, 1.54) is 0 Å². The van der Waals surface area contributed by atoms with Gasteiger partial charge in [0.2, 0.25) is 5.89 Å². The van der Waals surface area contributed by atoms with Crippen LogP contribution < -0.4 is 5.32 Å². The van der Waals surface area contributed by atoms with Crippen LogP contribution in [0.15, 0.2) is 4.42 Å². The first-order chi connectivity index (χ1) is 7.67. The van der Waals surface area contributed by atoms with Gasteiger partial charge < -0.3 is 19.2 Å². The van der Waals surface area contributed by atoms with Crippen molar-refractivity contribution in [3.8, 4) is 0 Å². The number of alkyl halides is 1. The molecule has 0 saturated heterocycles. The molecule has 1 aromatic rings. The SMILES string of the molecule is COCC(CNc1nnc(C(C)Cl)o1)OC. The van der Waals surface area contributed by atoms with Crippen LogP contribution >= 0.6 is 11.6 Å². The van der Waals surface area contributed by atoms with Gasteiger partial charge in [-0.05, 0) is 6.92 Å². The van der Waals surface area contributed by atoms with Crippen LogP contribution in [0.5, 0.6) is 0 Å². The molecule has 0 aliphatic carbocycles. The molecule has 1 aromatic heterocycles. The van der Waals surface area contributed by atoms with Crippen molar-refractivity contribution in [2.24, 2.45) is 0 Å². The molecule has 0 fully saturated rings. The van der Waals surface area contributed by atoms with E-state index in [1.807, 2.05) is 0 Å². The first-order valence-electron chi connectivity index (χ1n) is 4.90. The number of rotatable bonds is 7. The molecular weight excluding hydrogens is 234 g/mol. The van der Waals surface area contributed by atoms with Crippen LogP contribution in [0.25, 0.3) is 0 Å². The van der Waals surface area contributed by atoms with Crippen molar-refractivity contribution in [1.82, 2.24) is 10.2 Å². The van der Waals surface area contributed by atoms with Gasteiger partial charge in [0.15, 0.2) is 0 Å². The zero-order valence-electron chi connectivity index (χ0n) is 9.57. The highest BCUT2D eigenvalue weighted by molar-refractivity contribution is 6.20. The van der Waals surface area contributed by atoms with Crippen molar-refractivity contribution in [3.63, 3.8) is 0 Å². The number of halogens is 1. The van der Waals surface area contributed by atoms with Crippen molar-refractivity contribution < 1.29 is 13.9 Å². The fraction of sp³-hybridized carbons (Fsp3) is 0.778. The van der Waals surface area contributed by atoms with Gasteiger partial charge in [0.25, 0.3) is 0 Å². The maximum Gasteiger partial charge on any atom is 0.315 e. The Labute approximate surface area is 99.3 Å². The number of anilines is 1. The lowest BCUT2D eigenvalue weighted by atomic mass is 10.4. The second-order valence-electron chi connectivity index (χ2n) is 3.26. The fourth-order valence-corrected chi connectivity index (χ4v) is 1.15. The van der Waals surface area contributed by atoms with E-state index in [0.717, 1.165) is 0 Å². The summed E-state index contributed by atoms with van der Waals surface area (Å²) in [5.74, 6) is 0.393. The molecule has 0 aliphatic heterocycles. The Bertz CT molecular complexity index is 306. The Morgan fingerprint density at radius 2 is 2.19 bits per heavy atom. The van der Waals surface area contributed by atoms with Gasteiger partial charge in [0.1, 0.15) is 5.38 Å². The highest BCUT2D eigenvalue weighted by Crippen LogP contribution is 2.19. The second-order valence-corrected chi connectivity index (χ2v) is 3.91. The van der Waals surface area contributed by atoms with Gasteiger partial charge in [0.05, 0.1) is 12.7 Å². The minimum absolute atomic E-state index is 0.0613. The van der Waals surface area contributed by atoms with Gasteiger partial charge in [-0.25, -0.2) is 0 Å². The zero-order chi connectivity index (χ0) is 12.0. The third kappa shape index (κ3) is 3.96. The first-order valence-corrected chi connectivity index (χ1v) is 5.34. The van der Waals surface area contributed by atoms with Gasteiger partial charge in [-0.1, -0.05) is 5.10 Å². The maximum absolute atomic E-state index is 5.79. The molecule has 0 spiro atoms. The Balaban J connectivity index is 2.41. The normalized spacial score (nSPS) is 14.8. The van der Waals surface area contributed by atoms with Gasteiger partial charge in [0, 0.05) is 20.8 Å². The molecule has 6 nitrogen and oxygen atoms in total.